The predicted octanol–water partition coefficient (Wildman–Crippen LogP) is 10.3. The lowest BCUT2D eigenvalue weighted by Gasteiger charge is -2.36. The fraction of sp³-hybridized carbons (Fsp3) is 1.00. The van der Waals surface area contributed by atoms with Gasteiger partial charge in [0.25, 0.3) is 0 Å². The lowest BCUT2D eigenvalue weighted by atomic mass is 9.70. The van der Waals surface area contributed by atoms with Gasteiger partial charge in [-0.2, -0.15) is 0 Å². The molecule has 3 fully saturated rings. The lowest BCUT2D eigenvalue weighted by molar-refractivity contribution is 0.161. The third-order valence-electron chi connectivity index (χ3n) is 9.66. The summed E-state index contributed by atoms with van der Waals surface area (Å²) in [6.07, 6.45) is 33.8. The molecule has 3 aliphatic carbocycles. The van der Waals surface area contributed by atoms with Crippen molar-refractivity contribution in [3.05, 3.63) is 0 Å². The summed E-state index contributed by atoms with van der Waals surface area (Å²) in [6, 6.07) is 0. The normalized spacial score (nSPS) is 35.4. The van der Waals surface area contributed by atoms with Crippen LogP contribution in [0.5, 0.6) is 0 Å². The molecule has 0 spiro atoms. The molecule has 0 nitrogen and oxygen atoms in total. The molecule has 0 aliphatic heterocycles. The van der Waals surface area contributed by atoms with Gasteiger partial charge in [0.2, 0.25) is 0 Å². The molecule has 0 saturated heterocycles. The smallest absolute Gasteiger partial charge is 0.0411 e. The molecule has 0 aromatic rings. The summed E-state index contributed by atoms with van der Waals surface area (Å²) in [7, 11) is 0. The van der Waals surface area contributed by atoms with Crippen LogP contribution in [0.25, 0.3) is 0 Å². The van der Waals surface area contributed by atoms with E-state index < -0.39 is 0 Å². The Hall–Kier alpha value is 0. The van der Waals surface area contributed by atoms with Gasteiger partial charge in [-0.3, -0.25) is 0 Å². The van der Waals surface area contributed by atoms with Crippen LogP contribution < -0.4 is 0 Å². The van der Waals surface area contributed by atoms with Crippen molar-refractivity contribution in [3.8, 4) is 0 Å². The van der Waals surface area contributed by atoms with E-state index in [1.807, 2.05) is 0 Å². The second-order valence-electron chi connectivity index (χ2n) is 12.1. The Morgan fingerprint density at radius 1 is 0.367 bits per heavy atom. The summed E-state index contributed by atoms with van der Waals surface area (Å²) in [5.41, 5.74) is 0. The molecule has 0 atom stereocenters. The standard InChI is InChI=1S/C30H56/c1-3-5-7-9-25-11-15-27(16-12-25)23-29-19-21-30(22-20-29)24-28-17-13-26(14-18-28)10-8-6-4-2/h25-30H,3-24H2,1-2H3. The van der Waals surface area contributed by atoms with Crippen molar-refractivity contribution in [2.24, 2.45) is 35.5 Å². The van der Waals surface area contributed by atoms with Crippen LogP contribution in [0.2, 0.25) is 0 Å². The van der Waals surface area contributed by atoms with Gasteiger partial charge < -0.3 is 0 Å². The van der Waals surface area contributed by atoms with Gasteiger partial charge >= 0.3 is 0 Å². The van der Waals surface area contributed by atoms with E-state index in [0.29, 0.717) is 0 Å². The highest BCUT2D eigenvalue weighted by atomic mass is 14.3. The zero-order chi connectivity index (χ0) is 21.0. The van der Waals surface area contributed by atoms with E-state index in [1.54, 1.807) is 89.9 Å². The first kappa shape index (κ1) is 24.6. The maximum Gasteiger partial charge on any atom is -0.0411 e. The first-order valence-corrected chi connectivity index (χ1v) is 14.8. The third kappa shape index (κ3) is 8.86. The minimum atomic E-state index is 1.09. The van der Waals surface area contributed by atoms with Crippen LogP contribution in [0.3, 0.4) is 0 Å². The molecular formula is C30H56. The maximum atomic E-state index is 2.34. The highest BCUT2D eigenvalue weighted by Crippen LogP contribution is 2.42. The van der Waals surface area contributed by atoms with Gasteiger partial charge in [0, 0.05) is 0 Å². The van der Waals surface area contributed by atoms with Gasteiger partial charge in [-0.1, -0.05) is 142 Å². The summed E-state index contributed by atoms with van der Waals surface area (Å²) in [5, 5.41) is 0. The van der Waals surface area contributed by atoms with Crippen molar-refractivity contribution < 1.29 is 0 Å². The quantitative estimate of drug-likeness (QED) is 0.277. The monoisotopic (exact) mass is 416 g/mol. The average molecular weight is 417 g/mol. The van der Waals surface area contributed by atoms with Crippen molar-refractivity contribution in [1.29, 1.82) is 0 Å². The molecule has 30 heavy (non-hydrogen) atoms. The van der Waals surface area contributed by atoms with Gasteiger partial charge in [-0.15, -0.1) is 0 Å². The molecular weight excluding hydrogens is 360 g/mol. The van der Waals surface area contributed by atoms with E-state index in [4.69, 9.17) is 0 Å². The molecule has 3 rings (SSSR count). The van der Waals surface area contributed by atoms with E-state index in [-0.39, 0.29) is 0 Å². The fourth-order valence-corrected chi connectivity index (χ4v) is 7.52. The van der Waals surface area contributed by atoms with Crippen molar-refractivity contribution in [2.75, 3.05) is 0 Å². The Morgan fingerprint density at radius 2 is 0.633 bits per heavy atom. The van der Waals surface area contributed by atoms with Crippen LogP contribution in [-0.4, -0.2) is 0 Å². The summed E-state index contributed by atoms with van der Waals surface area (Å²) in [5.74, 6) is 6.55. The zero-order valence-corrected chi connectivity index (χ0v) is 21.0. The van der Waals surface area contributed by atoms with Crippen LogP contribution in [-0.2, 0) is 0 Å². The minimum absolute atomic E-state index is 1.09. The maximum absolute atomic E-state index is 2.34. The van der Waals surface area contributed by atoms with E-state index in [9.17, 15) is 0 Å². The fourth-order valence-electron chi connectivity index (χ4n) is 7.52. The molecule has 0 radical (unpaired) electrons. The van der Waals surface area contributed by atoms with Crippen molar-refractivity contribution >= 4 is 0 Å². The van der Waals surface area contributed by atoms with Crippen LogP contribution in [0.1, 0.15) is 155 Å². The molecule has 0 aromatic carbocycles. The van der Waals surface area contributed by atoms with Crippen LogP contribution in [0, 0.1) is 35.5 Å². The number of hydrogen-bond donors (Lipinski definition) is 0. The highest BCUT2D eigenvalue weighted by molar-refractivity contribution is 4.81. The first-order valence-electron chi connectivity index (χ1n) is 14.8. The Kier molecular flexibility index (Phi) is 11.7. The van der Waals surface area contributed by atoms with Gasteiger partial charge in [0.05, 0.1) is 0 Å². The average Bonchev–Trinajstić information content (AvgIpc) is 2.78. The Morgan fingerprint density at radius 3 is 0.900 bits per heavy atom. The number of unbranched alkanes of at least 4 members (excludes halogenated alkanes) is 4. The molecule has 0 unspecified atom stereocenters. The SMILES string of the molecule is CCCCCC1CCC(CC2CCC(CC3CCC(CCCCC)CC3)CC2)CC1. The molecule has 176 valence electrons. The minimum Gasteiger partial charge on any atom is -0.0654 e. The Labute approximate surface area is 190 Å². The molecule has 0 N–H and O–H groups in total. The summed E-state index contributed by atoms with van der Waals surface area (Å²) in [6.45, 7) is 4.68. The van der Waals surface area contributed by atoms with Crippen molar-refractivity contribution in [1.82, 2.24) is 0 Å². The summed E-state index contributed by atoms with van der Waals surface area (Å²) < 4.78 is 0. The second-order valence-corrected chi connectivity index (χ2v) is 12.1. The molecule has 3 aliphatic rings. The largest absolute Gasteiger partial charge is 0.0654 e. The topological polar surface area (TPSA) is 0 Å². The van der Waals surface area contributed by atoms with E-state index >= 15 is 0 Å². The summed E-state index contributed by atoms with van der Waals surface area (Å²) in [4.78, 5) is 0. The molecule has 0 bridgehead atoms. The van der Waals surface area contributed by atoms with Gasteiger partial charge in [0.15, 0.2) is 0 Å². The van der Waals surface area contributed by atoms with Crippen LogP contribution in [0.4, 0.5) is 0 Å². The van der Waals surface area contributed by atoms with E-state index in [1.165, 1.54) is 51.4 Å². The van der Waals surface area contributed by atoms with Gasteiger partial charge in [-0.05, 0) is 48.3 Å². The molecule has 0 amide bonds. The van der Waals surface area contributed by atoms with Crippen LogP contribution in [0.15, 0.2) is 0 Å². The van der Waals surface area contributed by atoms with Gasteiger partial charge in [0.1, 0.15) is 0 Å². The molecule has 3 saturated carbocycles. The number of hydrogen-bond acceptors (Lipinski definition) is 0. The van der Waals surface area contributed by atoms with E-state index in [0.717, 1.165) is 35.5 Å². The van der Waals surface area contributed by atoms with Crippen molar-refractivity contribution in [2.45, 2.75) is 155 Å². The van der Waals surface area contributed by atoms with E-state index in [2.05, 4.69) is 13.8 Å². The second kappa shape index (κ2) is 14.2. The molecule has 0 heterocycles. The number of rotatable bonds is 12. The lowest BCUT2D eigenvalue weighted by Crippen LogP contribution is -2.23. The highest BCUT2D eigenvalue weighted by Gasteiger charge is 2.29. The third-order valence-corrected chi connectivity index (χ3v) is 9.66. The Bertz CT molecular complexity index is 362. The van der Waals surface area contributed by atoms with Crippen LogP contribution >= 0.6 is 0 Å². The predicted molar refractivity (Wildman–Crippen MR) is 134 cm³/mol. The Balaban J connectivity index is 1.23. The molecule has 0 aromatic heterocycles. The zero-order valence-electron chi connectivity index (χ0n) is 21.0. The first-order chi connectivity index (χ1) is 14.8. The van der Waals surface area contributed by atoms with Gasteiger partial charge in [-0.25, -0.2) is 0 Å². The summed E-state index contributed by atoms with van der Waals surface area (Å²) >= 11 is 0. The molecule has 0 heteroatoms. The van der Waals surface area contributed by atoms with Crippen molar-refractivity contribution in [3.63, 3.8) is 0 Å².